The molecule has 0 aliphatic heterocycles. The number of nitrogens with zero attached hydrogens (tertiary/aromatic N) is 2. The zero-order chi connectivity index (χ0) is 14.4. The average molecular weight is 267 g/mol. The molecule has 19 heavy (non-hydrogen) atoms. The van der Waals surface area contributed by atoms with Crippen LogP contribution in [0.2, 0.25) is 0 Å². The number of urea groups is 1. The smallest absolute Gasteiger partial charge is 0.323 e. The normalized spacial score (nSPS) is 10.1. The number of anilines is 1. The van der Waals surface area contributed by atoms with E-state index >= 15 is 0 Å². The Balaban J connectivity index is 2.72. The fraction of sp³-hybridized carbons (Fsp3) is 0.417. The average Bonchev–Trinajstić information content (AvgIpc) is 2.36. The summed E-state index contributed by atoms with van der Waals surface area (Å²) in [5, 5.41) is 11.4. The second-order valence-electron chi connectivity index (χ2n) is 4.13. The minimum atomic E-state index is -1.06. The standard InChI is InChI=1S/C12H17N3O4/c1-8(2)15(7-11(16)17)12(18)14-9-4-5-10(19-3)13-6-9/h4-6,8H,7H2,1-3H3,(H,14,18)(H,16,17). The van der Waals surface area contributed by atoms with E-state index in [0.29, 0.717) is 11.6 Å². The zero-order valence-corrected chi connectivity index (χ0v) is 11.1. The van der Waals surface area contributed by atoms with Crippen LogP contribution in [-0.4, -0.2) is 46.7 Å². The Bertz CT molecular complexity index is 445. The third-order valence-corrected chi connectivity index (χ3v) is 2.39. The molecule has 0 unspecified atom stereocenters. The third-order valence-electron chi connectivity index (χ3n) is 2.39. The number of carbonyl (C=O) groups excluding carboxylic acids is 1. The van der Waals surface area contributed by atoms with E-state index in [4.69, 9.17) is 9.84 Å². The lowest BCUT2D eigenvalue weighted by molar-refractivity contribution is -0.137. The van der Waals surface area contributed by atoms with Crippen LogP contribution in [0.5, 0.6) is 5.88 Å². The molecule has 1 rings (SSSR count). The molecule has 0 aliphatic carbocycles. The highest BCUT2D eigenvalue weighted by Crippen LogP contribution is 2.12. The minimum absolute atomic E-state index is 0.220. The van der Waals surface area contributed by atoms with E-state index in [1.54, 1.807) is 26.0 Å². The molecular weight excluding hydrogens is 250 g/mol. The highest BCUT2D eigenvalue weighted by atomic mass is 16.5. The number of pyridine rings is 1. The Morgan fingerprint density at radius 3 is 2.58 bits per heavy atom. The summed E-state index contributed by atoms with van der Waals surface area (Å²) in [5.41, 5.74) is 0.474. The molecule has 0 aromatic carbocycles. The number of amides is 2. The van der Waals surface area contributed by atoms with Gasteiger partial charge in [-0.3, -0.25) is 4.79 Å². The molecule has 1 aromatic rings. The summed E-state index contributed by atoms with van der Waals surface area (Å²) in [6.45, 7) is 3.14. The number of aromatic nitrogens is 1. The summed E-state index contributed by atoms with van der Waals surface area (Å²) in [7, 11) is 1.49. The molecule has 2 amide bonds. The van der Waals surface area contributed by atoms with E-state index in [9.17, 15) is 9.59 Å². The van der Waals surface area contributed by atoms with Gasteiger partial charge in [0, 0.05) is 12.1 Å². The summed E-state index contributed by atoms with van der Waals surface area (Å²) >= 11 is 0. The summed E-state index contributed by atoms with van der Waals surface area (Å²) < 4.78 is 4.90. The van der Waals surface area contributed by atoms with Crippen molar-refractivity contribution in [1.82, 2.24) is 9.88 Å². The van der Waals surface area contributed by atoms with Gasteiger partial charge < -0.3 is 20.1 Å². The Kier molecular flexibility index (Phi) is 5.11. The van der Waals surface area contributed by atoms with Crippen LogP contribution in [0.25, 0.3) is 0 Å². The maximum atomic E-state index is 11.9. The third kappa shape index (κ3) is 4.46. The van der Waals surface area contributed by atoms with Crippen LogP contribution in [0.3, 0.4) is 0 Å². The van der Waals surface area contributed by atoms with Crippen LogP contribution in [0.4, 0.5) is 10.5 Å². The first-order chi connectivity index (χ1) is 8.93. The van der Waals surface area contributed by atoms with Crippen LogP contribution in [0, 0.1) is 0 Å². The maximum absolute atomic E-state index is 11.9. The van der Waals surface area contributed by atoms with Gasteiger partial charge in [-0.1, -0.05) is 0 Å². The molecule has 7 nitrogen and oxygen atoms in total. The molecule has 0 fully saturated rings. The summed E-state index contributed by atoms with van der Waals surface area (Å²) in [4.78, 5) is 27.8. The second kappa shape index (κ2) is 6.58. The van der Waals surface area contributed by atoms with E-state index in [-0.39, 0.29) is 12.6 Å². The summed E-state index contributed by atoms with van der Waals surface area (Å²) in [6.07, 6.45) is 1.44. The lowest BCUT2D eigenvalue weighted by atomic mass is 10.3. The predicted molar refractivity (Wildman–Crippen MR) is 69.3 cm³/mol. The van der Waals surface area contributed by atoms with Gasteiger partial charge >= 0.3 is 12.0 Å². The van der Waals surface area contributed by atoms with Crippen molar-refractivity contribution in [1.29, 1.82) is 0 Å². The number of hydrogen-bond acceptors (Lipinski definition) is 4. The number of methoxy groups -OCH3 is 1. The van der Waals surface area contributed by atoms with Gasteiger partial charge in [-0.25, -0.2) is 9.78 Å². The lowest BCUT2D eigenvalue weighted by Gasteiger charge is -2.25. The van der Waals surface area contributed by atoms with Gasteiger partial charge in [0.15, 0.2) is 0 Å². The molecule has 0 atom stereocenters. The lowest BCUT2D eigenvalue weighted by Crippen LogP contribution is -2.43. The predicted octanol–water partition coefficient (Wildman–Crippen LogP) is 1.42. The van der Waals surface area contributed by atoms with Crippen LogP contribution in [0.1, 0.15) is 13.8 Å². The van der Waals surface area contributed by atoms with Crippen molar-refractivity contribution in [3.8, 4) is 5.88 Å². The van der Waals surface area contributed by atoms with Crippen molar-refractivity contribution in [3.63, 3.8) is 0 Å². The van der Waals surface area contributed by atoms with Crippen molar-refractivity contribution in [3.05, 3.63) is 18.3 Å². The first kappa shape index (κ1) is 14.7. The van der Waals surface area contributed by atoms with Crippen molar-refractivity contribution in [2.24, 2.45) is 0 Å². The Morgan fingerprint density at radius 2 is 2.16 bits per heavy atom. The first-order valence-corrected chi connectivity index (χ1v) is 5.73. The SMILES string of the molecule is COc1ccc(NC(=O)N(CC(=O)O)C(C)C)cn1. The van der Waals surface area contributed by atoms with Crippen LogP contribution in [0.15, 0.2) is 18.3 Å². The monoisotopic (exact) mass is 267 g/mol. The van der Waals surface area contributed by atoms with Crippen molar-refractivity contribution >= 4 is 17.7 Å². The fourth-order valence-electron chi connectivity index (χ4n) is 1.40. The number of aliphatic carboxylic acids is 1. The Morgan fingerprint density at radius 1 is 1.47 bits per heavy atom. The number of carboxylic acids is 1. The van der Waals surface area contributed by atoms with E-state index in [1.807, 2.05) is 0 Å². The number of carbonyl (C=O) groups is 2. The van der Waals surface area contributed by atoms with Crippen molar-refractivity contribution in [2.75, 3.05) is 19.0 Å². The van der Waals surface area contributed by atoms with Crippen LogP contribution in [-0.2, 0) is 4.79 Å². The van der Waals surface area contributed by atoms with E-state index in [0.717, 1.165) is 0 Å². The fourth-order valence-corrected chi connectivity index (χ4v) is 1.40. The Labute approximate surface area is 111 Å². The molecule has 7 heteroatoms. The van der Waals surface area contributed by atoms with Gasteiger partial charge in [0.05, 0.1) is 19.0 Å². The second-order valence-corrected chi connectivity index (χ2v) is 4.13. The highest BCUT2D eigenvalue weighted by molar-refractivity contribution is 5.91. The van der Waals surface area contributed by atoms with Gasteiger partial charge in [0.2, 0.25) is 5.88 Å². The molecule has 0 spiro atoms. The van der Waals surface area contributed by atoms with Gasteiger partial charge in [-0.15, -0.1) is 0 Å². The van der Waals surface area contributed by atoms with Gasteiger partial charge in [-0.2, -0.15) is 0 Å². The molecule has 2 N–H and O–H groups in total. The number of nitrogens with one attached hydrogen (secondary N) is 1. The molecule has 0 aliphatic rings. The number of carboxylic acid groups (broad SMARTS) is 1. The molecule has 0 saturated carbocycles. The topological polar surface area (TPSA) is 91.8 Å². The van der Waals surface area contributed by atoms with Gasteiger partial charge in [-0.05, 0) is 19.9 Å². The molecule has 0 saturated heterocycles. The molecule has 0 radical (unpaired) electrons. The van der Waals surface area contributed by atoms with E-state index in [1.165, 1.54) is 18.2 Å². The Hall–Kier alpha value is -2.31. The molecule has 0 bridgehead atoms. The zero-order valence-electron chi connectivity index (χ0n) is 11.1. The van der Waals surface area contributed by atoms with E-state index in [2.05, 4.69) is 10.3 Å². The van der Waals surface area contributed by atoms with Crippen molar-refractivity contribution < 1.29 is 19.4 Å². The molecule has 1 heterocycles. The van der Waals surface area contributed by atoms with Gasteiger partial charge in [0.25, 0.3) is 0 Å². The minimum Gasteiger partial charge on any atom is -0.481 e. The molecular formula is C12H17N3O4. The van der Waals surface area contributed by atoms with Gasteiger partial charge in [0.1, 0.15) is 6.54 Å². The van der Waals surface area contributed by atoms with E-state index < -0.39 is 12.0 Å². The number of ether oxygens (including phenoxy) is 1. The number of rotatable bonds is 5. The summed E-state index contributed by atoms with van der Waals surface area (Å²) in [5.74, 6) is -0.624. The highest BCUT2D eigenvalue weighted by Gasteiger charge is 2.19. The maximum Gasteiger partial charge on any atom is 0.323 e. The molecule has 1 aromatic heterocycles. The quantitative estimate of drug-likeness (QED) is 0.841. The first-order valence-electron chi connectivity index (χ1n) is 5.73. The van der Waals surface area contributed by atoms with Crippen LogP contribution < -0.4 is 10.1 Å². The van der Waals surface area contributed by atoms with Crippen molar-refractivity contribution in [2.45, 2.75) is 19.9 Å². The molecule has 104 valence electrons. The number of hydrogen-bond donors (Lipinski definition) is 2. The largest absolute Gasteiger partial charge is 0.481 e. The summed E-state index contributed by atoms with van der Waals surface area (Å²) in [6, 6.07) is 2.53. The van der Waals surface area contributed by atoms with Crippen LogP contribution >= 0.6 is 0 Å².